The van der Waals surface area contributed by atoms with Gasteiger partial charge in [0.1, 0.15) is 17.3 Å². The van der Waals surface area contributed by atoms with Crippen molar-refractivity contribution in [2.24, 2.45) is 0 Å². The molecule has 136 valence electrons. The van der Waals surface area contributed by atoms with Crippen molar-refractivity contribution in [1.29, 1.82) is 0 Å². The highest BCUT2D eigenvalue weighted by Gasteiger charge is 2.51. The van der Waals surface area contributed by atoms with Crippen LogP contribution >= 0.6 is 11.6 Å². The number of anilines is 2. The zero-order valence-corrected chi connectivity index (χ0v) is 15.2. The Morgan fingerprint density at radius 2 is 2.20 bits per heavy atom. The predicted octanol–water partition coefficient (Wildman–Crippen LogP) is 1.22. The monoisotopic (exact) mass is 368 g/mol. The Morgan fingerprint density at radius 1 is 1.40 bits per heavy atom. The van der Waals surface area contributed by atoms with E-state index in [-0.39, 0.29) is 17.3 Å². The van der Waals surface area contributed by atoms with Crippen LogP contribution in [-0.4, -0.2) is 66.2 Å². The molecule has 3 aliphatic heterocycles. The quantitative estimate of drug-likeness (QED) is 0.726. The summed E-state index contributed by atoms with van der Waals surface area (Å²) in [6.07, 6.45) is 1.38. The van der Waals surface area contributed by atoms with Crippen molar-refractivity contribution in [3.8, 4) is 0 Å². The molecule has 0 radical (unpaired) electrons. The summed E-state index contributed by atoms with van der Waals surface area (Å²) in [4.78, 5) is 25.4. The molecule has 0 saturated carbocycles. The fraction of sp³-hybridized carbons (Fsp3) is 0.688. The Morgan fingerprint density at radius 3 is 2.92 bits per heavy atom. The summed E-state index contributed by atoms with van der Waals surface area (Å²) >= 11 is 6.02. The molecule has 3 aliphatic rings. The molecule has 2 atom stereocenters. The maximum atomic E-state index is 13.3. The van der Waals surface area contributed by atoms with Crippen LogP contribution in [0.4, 0.5) is 11.5 Å². The molecule has 25 heavy (non-hydrogen) atoms. The molecule has 0 aliphatic carbocycles. The van der Waals surface area contributed by atoms with Crippen LogP contribution in [0, 0.1) is 0 Å². The first-order valence-corrected chi connectivity index (χ1v) is 8.70. The highest BCUT2D eigenvalue weighted by atomic mass is 35.5. The average molecular weight is 369 g/mol. The molecule has 0 N–H and O–H groups in total. The molecule has 4 heterocycles. The summed E-state index contributed by atoms with van der Waals surface area (Å²) in [5.74, 6) is -0.0466. The molecule has 1 aromatic rings. The zero-order valence-electron chi connectivity index (χ0n) is 14.5. The van der Waals surface area contributed by atoms with Crippen LogP contribution in [0.3, 0.4) is 0 Å². The predicted molar refractivity (Wildman–Crippen MR) is 90.9 cm³/mol. The minimum atomic E-state index is -0.822. The number of carbonyl (C=O) groups excluding carboxylic acids is 1. The van der Waals surface area contributed by atoms with E-state index in [9.17, 15) is 4.79 Å². The minimum Gasteiger partial charge on any atom is -0.377 e. The Bertz CT molecular complexity index is 715. The number of hydrogen-bond acceptors (Lipinski definition) is 7. The number of carbonyl (C=O) groups is 1. The molecule has 2 unspecified atom stereocenters. The van der Waals surface area contributed by atoms with Gasteiger partial charge in [0.15, 0.2) is 11.6 Å². The highest BCUT2D eigenvalue weighted by molar-refractivity contribution is 6.28. The van der Waals surface area contributed by atoms with Gasteiger partial charge in [-0.2, -0.15) is 4.98 Å². The van der Waals surface area contributed by atoms with Crippen LogP contribution in [0.5, 0.6) is 0 Å². The number of morpholine rings is 1. The zero-order chi connectivity index (χ0) is 17.8. The van der Waals surface area contributed by atoms with Gasteiger partial charge in [0, 0.05) is 6.54 Å². The number of ether oxygens (including phenoxy) is 3. The van der Waals surface area contributed by atoms with E-state index < -0.39 is 11.3 Å². The Kier molecular flexibility index (Phi) is 3.91. The Labute approximate surface area is 151 Å². The number of aromatic nitrogens is 2. The fourth-order valence-electron chi connectivity index (χ4n) is 3.64. The van der Waals surface area contributed by atoms with Gasteiger partial charge in [0.2, 0.25) is 5.28 Å². The van der Waals surface area contributed by atoms with Gasteiger partial charge >= 0.3 is 0 Å². The average Bonchev–Trinajstić information content (AvgIpc) is 2.90. The summed E-state index contributed by atoms with van der Waals surface area (Å²) < 4.78 is 17.1. The van der Waals surface area contributed by atoms with Gasteiger partial charge in [-0.1, -0.05) is 0 Å². The summed E-state index contributed by atoms with van der Waals surface area (Å²) in [5.41, 5.74) is -0.181. The van der Waals surface area contributed by atoms with Crippen LogP contribution < -0.4 is 9.80 Å². The largest absolute Gasteiger partial charge is 0.377 e. The van der Waals surface area contributed by atoms with Crippen molar-refractivity contribution in [3.05, 3.63) is 11.5 Å². The third kappa shape index (κ3) is 2.77. The summed E-state index contributed by atoms with van der Waals surface area (Å²) in [5, 5.41) is 0.156. The molecular formula is C16H21ClN4O4. The first-order valence-electron chi connectivity index (χ1n) is 8.32. The van der Waals surface area contributed by atoms with Crippen molar-refractivity contribution in [1.82, 2.24) is 9.97 Å². The highest BCUT2D eigenvalue weighted by Crippen LogP contribution is 2.41. The van der Waals surface area contributed by atoms with E-state index in [2.05, 4.69) is 9.97 Å². The molecule has 2 saturated heterocycles. The maximum Gasteiger partial charge on any atom is 0.255 e. The lowest BCUT2D eigenvalue weighted by Gasteiger charge is -2.50. The smallest absolute Gasteiger partial charge is 0.255 e. The first kappa shape index (κ1) is 17.0. The van der Waals surface area contributed by atoms with Gasteiger partial charge in [-0.05, 0) is 32.4 Å². The lowest BCUT2D eigenvalue weighted by atomic mass is 9.93. The lowest BCUT2D eigenvalue weighted by Crippen LogP contribution is -2.68. The molecule has 8 nitrogen and oxygen atoms in total. The second-order valence-corrected chi connectivity index (χ2v) is 7.53. The molecule has 1 amide bonds. The van der Waals surface area contributed by atoms with Gasteiger partial charge in [-0.25, -0.2) is 4.98 Å². The van der Waals surface area contributed by atoms with Crippen molar-refractivity contribution in [3.63, 3.8) is 0 Å². The van der Waals surface area contributed by atoms with Crippen LogP contribution in [-0.2, 0) is 19.0 Å². The maximum absolute atomic E-state index is 13.3. The van der Waals surface area contributed by atoms with Crippen molar-refractivity contribution in [2.45, 2.75) is 38.2 Å². The molecule has 2 fully saturated rings. The molecule has 0 aromatic carbocycles. The van der Waals surface area contributed by atoms with Gasteiger partial charge in [0.25, 0.3) is 5.91 Å². The van der Waals surface area contributed by atoms with E-state index in [4.69, 9.17) is 25.8 Å². The van der Waals surface area contributed by atoms with E-state index in [1.54, 1.807) is 11.1 Å². The standard InChI is InChI=1S/C16H21ClN4O4/c1-15(2)24-8-10(25-15)7-20-11-6-18-14(17)19-12(11)21-4-5-23-9-16(21,3)13(20)22/h6,10H,4-5,7-9H2,1-3H3. The van der Waals surface area contributed by atoms with E-state index in [1.165, 1.54) is 0 Å². The minimum absolute atomic E-state index is 0.0565. The molecule has 0 spiro atoms. The third-order valence-electron chi connectivity index (χ3n) is 4.86. The lowest BCUT2D eigenvalue weighted by molar-refractivity contribution is -0.139. The second kappa shape index (κ2) is 5.77. The van der Waals surface area contributed by atoms with Gasteiger partial charge in [0.05, 0.1) is 32.6 Å². The first-order chi connectivity index (χ1) is 11.8. The number of rotatable bonds is 2. The molecular weight excluding hydrogens is 348 g/mol. The second-order valence-electron chi connectivity index (χ2n) is 7.19. The van der Waals surface area contributed by atoms with E-state index in [1.807, 2.05) is 25.7 Å². The molecule has 9 heteroatoms. The van der Waals surface area contributed by atoms with E-state index >= 15 is 0 Å². The van der Waals surface area contributed by atoms with Gasteiger partial charge in [-0.3, -0.25) is 4.79 Å². The number of halogens is 1. The van der Waals surface area contributed by atoms with E-state index in [0.717, 1.165) is 0 Å². The van der Waals surface area contributed by atoms with Crippen molar-refractivity contribution < 1.29 is 19.0 Å². The van der Waals surface area contributed by atoms with Crippen LogP contribution in [0.15, 0.2) is 6.20 Å². The molecule has 1 aromatic heterocycles. The summed E-state index contributed by atoms with van der Waals surface area (Å²) in [7, 11) is 0. The Balaban J connectivity index is 1.72. The molecule has 4 rings (SSSR count). The van der Waals surface area contributed by atoms with Crippen LogP contribution in [0.2, 0.25) is 5.28 Å². The van der Waals surface area contributed by atoms with Gasteiger partial charge < -0.3 is 24.0 Å². The summed E-state index contributed by atoms with van der Waals surface area (Å²) in [6, 6.07) is 0. The number of fused-ring (bicyclic) bond motifs is 3. The van der Waals surface area contributed by atoms with Crippen LogP contribution in [0.25, 0.3) is 0 Å². The Hall–Kier alpha value is -1.48. The SMILES string of the molecule is CC1(C)OCC(CN2C(=O)C3(C)COCCN3c3nc(Cl)ncc32)O1. The number of hydrogen-bond donors (Lipinski definition) is 0. The normalized spacial score (nSPS) is 31.0. The van der Waals surface area contributed by atoms with Crippen LogP contribution in [0.1, 0.15) is 20.8 Å². The topological polar surface area (TPSA) is 77.0 Å². The van der Waals surface area contributed by atoms with Crippen molar-refractivity contribution >= 4 is 29.0 Å². The number of amides is 1. The third-order valence-corrected chi connectivity index (χ3v) is 5.05. The fourth-order valence-corrected chi connectivity index (χ4v) is 3.77. The molecule has 0 bridgehead atoms. The van der Waals surface area contributed by atoms with Crippen molar-refractivity contribution in [2.75, 3.05) is 42.7 Å². The van der Waals surface area contributed by atoms with E-state index in [0.29, 0.717) is 44.4 Å². The summed E-state index contributed by atoms with van der Waals surface area (Å²) in [6.45, 7) is 7.80. The number of nitrogens with zero attached hydrogens (tertiary/aromatic N) is 4. The van der Waals surface area contributed by atoms with Gasteiger partial charge in [-0.15, -0.1) is 0 Å².